The van der Waals surface area contributed by atoms with Crippen LogP contribution in [-0.4, -0.2) is 37.6 Å². The lowest BCUT2D eigenvalue weighted by atomic mass is 10.5. The molecule has 0 aromatic carbocycles. The number of aromatic nitrogens is 2. The van der Waals surface area contributed by atoms with Crippen molar-refractivity contribution in [1.82, 2.24) is 19.6 Å². The molecule has 0 aliphatic heterocycles. The largest absolute Gasteiger partial charge is 0.339 e. The fourth-order valence-corrected chi connectivity index (χ4v) is 2.19. The van der Waals surface area contributed by atoms with Crippen molar-refractivity contribution in [1.29, 1.82) is 0 Å². The van der Waals surface area contributed by atoms with Crippen LogP contribution in [-0.2, 0) is 17.1 Å². The van der Waals surface area contributed by atoms with Crippen molar-refractivity contribution in [3.8, 4) is 0 Å². The monoisotopic (exact) mass is 246 g/mol. The van der Waals surface area contributed by atoms with E-state index < -0.39 is 10.0 Å². The first-order valence-corrected chi connectivity index (χ1v) is 6.73. The van der Waals surface area contributed by atoms with Crippen LogP contribution in [0.1, 0.15) is 13.3 Å². The molecule has 1 heterocycles. The van der Waals surface area contributed by atoms with Crippen molar-refractivity contribution in [2.75, 3.05) is 19.6 Å². The normalized spacial score (nSPS) is 11.9. The van der Waals surface area contributed by atoms with Crippen LogP contribution in [0.2, 0.25) is 0 Å². The Morgan fingerprint density at radius 1 is 1.38 bits per heavy atom. The van der Waals surface area contributed by atoms with Gasteiger partial charge in [0.1, 0.15) is 0 Å². The predicted octanol–water partition coefficient (Wildman–Crippen LogP) is -0.302. The summed E-state index contributed by atoms with van der Waals surface area (Å²) in [7, 11) is -1.72. The van der Waals surface area contributed by atoms with Crippen molar-refractivity contribution < 1.29 is 8.42 Å². The number of hydrogen-bond acceptors (Lipinski definition) is 4. The summed E-state index contributed by atoms with van der Waals surface area (Å²) in [4.78, 5) is 3.79. The van der Waals surface area contributed by atoms with E-state index in [1.807, 2.05) is 0 Å². The van der Waals surface area contributed by atoms with Gasteiger partial charge in [0.25, 0.3) is 10.0 Å². The third-order valence-corrected chi connectivity index (χ3v) is 3.32. The summed E-state index contributed by atoms with van der Waals surface area (Å²) < 4.78 is 27.4. The molecular formula is C9H18N4O2S. The summed E-state index contributed by atoms with van der Waals surface area (Å²) in [6.45, 7) is 3.95. The molecule has 1 aromatic heterocycles. The minimum absolute atomic E-state index is 0.0606. The maximum atomic E-state index is 11.7. The Balaban J connectivity index is 2.41. The minimum atomic E-state index is -3.45. The molecule has 16 heavy (non-hydrogen) atoms. The Labute approximate surface area is 96.1 Å². The van der Waals surface area contributed by atoms with Crippen molar-refractivity contribution in [2.45, 2.75) is 18.4 Å². The van der Waals surface area contributed by atoms with Crippen LogP contribution in [0.5, 0.6) is 0 Å². The van der Waals surface area contributed by atoms with Gasteiger partial charge < -0.3 is 9.88 Å². The molecule has 2 N–H and O–H groups in total. The fraction of sp³-hybridized carbons (Fsp3) is 0.667. The summed E-state index contributed by atoms with van der Waals surface area (Å²) in [5.41, 5.74) is 0. The molecule has 7 heteroatoms. The van der Waals surface area contributed by atoms with Gasteiger partial charge in [0.15, 0.2) is 5.03 Å². The highest BCUT2D eigenvalue weighted by Gasteiger charge is 2.15. The Morgan fingerprint density at radius 3 is 2.69 bits per heavy atom. The van der Waals surface area contributed by atoms with E-state index in [1.165, 1.54) is 12.5 Å². The summed E-state index contributed by atoms with van der Waals surface area (Å²) in [6.07, 6.45) is 3.97. The van der Waals surface area contributed by atoms with Gasteiger partial charge in [-0.25, -0.2) is 18.1 Å². The Morgan fingerprint density at radius 2 is 2.12 bits per heavy atom. The van der Waals surface area contributed by atoms with Gasteiger partial charge in [-0.15, -0.1) is 0 Å². The summed E-state index contributed by atoms with van der Waals surface area (Å²) >= 11 is 0. The molecule has 0 saturated carbocycles. The molecule has 1 aromatic rings. The van der Waals surface area contributed by atoms with Gasteiger partial charge >= 0.3 is 0 Å². The van der Waals surface area contributed by atoms with E-state index >= 15 is 0 Å². The third-order valence-electron chi connectivity index (χ3n) is 1.98. The van der Waals surface area contributed by atoms with E-state index in [1.54, 1.807) is 11.6 Å². The molecule has 0 unspecified atom stereocenters. The van der Waals surface area contributed by atoms with Gasteiger partial charge in [0.05, 0.1) is 6.33 Å². The third kappa shape index (κ3) is 3.92. The number of aryl methyl sites for hydroxylation is 1. The number of sulfonamides is 1. The van der Waals surface area contributed by atoms with Gasteiger partial charge in [-0.05, 0) is 13.0 Å². The molecule has 92 valence electrons. The fourth-order valence-electron chi connectivity index (χ4n) is 1.18. The van der Waals surface area contributed by atoms with Crippen LogP contribution >= 0.6 is 0 Å². The Hall–Kier alpha value is -0.920. The lowest BCUT2D eigenvalue weighted by Gasteiger charge is -2.04. The van der Waals surface area contributed by atoms with E-state index in [2.05, 4.69) is 21.9 Å². The second kappa shape index (κ2) is 5.97. The SMILES string of the molecule is CCCNCCNS(=O)(=O)c1cn(C)cn1. The second-order valence-electron chi connectivity index (χ2n) is 3.53. The molecule has 6 nitrogen and oxygen atoms in total. The molecule has 0 spiro atoms. The van der Waals surface area contributed by atoms with Crippen LogP contribution in [0, 0.1) is 0 Å². The molecular weight excluding hydrogens is 228 g/mol. The summed E-state index contributed by atoms with van der Waals surface area (Å²) in [5.74, 6) is 0. The first-order valence-electron chi connectivity index (χ1n) is 5.24. The van der Waals surface area contributed by atoms with Crippen LogP contribution in [0.25, 0.3) is 0 Å². The smallest absolute Gasteiger partial charge is 0.259 e. The lowest BCUT2D eigenvalue weighted by Crippen LogP contribution is -2.32. The Kier molecular flexibility index (Phi) is 4.91. The van der Waals surface area contributed by atoms with Gasteiger partial charge in [0.2, 0.25) is 0 Å². The average Bonchev–Trinajstić information content (AvgIpc) is 2.65. The first-order chi connectivity index (χ1) is 7.56. The Bertz CT molecular complexity index is 413. The standard InChI is InChI=1S/C9H18N4O2S/c1-3-4-10-5-6-12-16(14,15)9-7-13(2)8-11-9/h7-8,10,12H,3-6H2,1-2H3. The topological polar surface area (TPSA) is 76.0 Å². The number of nitrogens with zero attached hydrogens (tertiary/aromatic N) is 2. The van der Waals surface area contributed by atoms with Crippen molar-refractivity contribution >= 4 is 10.0 Å². The minimum Gasteiger partial charge on any atom is -0.339 e. The maximum Gasteiger partial charge on any atom is 0.259 e. The van der Waals surface area contributed by atoms with E-state index in [0.29, 0.717) is 13.1 Å². The zero-order valence-electron chi connectivity index (χ0n) is 9.60. The molecule has 0 fully saturated rings. The van der Waals surface area contributed by atoms with Gasteiger partial charge in [-0.2, -0.15) is 0 Å². The molecule has 0 aliphatic rings. The summed E-state index contributed by atoms with van der Waals surface area (Å²) in [5, 5.41) is 3.17. The molecule has 1 rings (SSSR count). The van der Waals surface area contributed by atoms with E-state index in [4.69, 9.17) is 0 Å². The zero-order valence-corrected chi connectivity index (χ0v) is 10.4. The zero-order chi connectivity index (χ0) is 12.0. The molecule has 0 radical (unpaired) electrons. The van der Waals surface area contributed by atoms with Crippen molar-refractivity contribution in [3.63, 3.8) is 0 Å². The number of nitrogens with one attached hydrogen (secondary N) is 2. The van der Waals surface area contributed by atoms with E-state index in [0.717, 1.165) is 13.0 Å². The van der Waals surface area contributed by atoms with E-state index in [-0.39, 0.29) is 5.03 Å². The summed E-state index contributed by atoms with van der Waals surface area (Å²) in [6, 6.07) is 0. The highest BCUT2D eigenvalue weighted by molar-refractivity contribution is 7.89. The van der Waals surface area contributed by atoms with Crippen LogP contribution in [0.3, 0.4) is 0 Å². The predicted molar refractivity (Wildman–Crippen MR) is 61.6 cm³/mol. The maximum absolute atomic E-state index is 11.7. The van der Waals surface area contributed by atoms with Gasteiger partial charge in [-0.3, -0.25) is 0 Å². The van der Waals surface area contributed by atoms with Crippen molar-refractivity contribution in [3.05, 3.63) is 12.5 Å². The number of rotatable bonds is 7. The van der Waals surface area contributed by atoms with Gasteiger partial charge in [0, 0.05) is 26.3 Å². The highest BCUT2D eigenvalue weighted by Crippen LogP contribution is 2.02. The number of imidazole rings is 1. The molecule has 0 aliphatic carbocycles. The lowest BCUT2D eigenvalue weighted by molar-refractivity contribution is 0.572. The number of hydrogen-bond donors (Lipinski definition) is 2. The van der Waals surface area contributed by atoms with Crippen LogP contribution in [0.15, 0.2) is 17.6 Å². The quantitative estimate of drug-likeness (QED) is 0.648. The van der Waals surface area contributed by atoms with Crippen LogP contribution < -0.4 is 10.0 Å². The van der Waals surface area contributed by atoms with E-state index in [9.17, 15) is 8.42 Å². The van der Waals surface area contributed by atoms with Gasteiger partial charge in [-0.1, -0.05) is 6.92 Å². The molecule has 0 atom stereocenters. The second-order valence-corrected chi connectivity index (χ2v) is 5.24. The molecule has 0 amide bonds. The highest BCUT2D eigenvalue weighted by atomic mass is 32.2. The molecule has 0 saturated heterocycles. The van der Waals surface area contributed by atoms with Crippen LogP contribution in [0.4, 0.5) is 0 Å². The first kappa shape index (κ1) is 13.1. The average molecular weight is 246 g/mol. The van der Waals surface area contributed by atoms with Crippen molar-refractivity contribution in [2.24, 2.45) is 7.05 Å². The molecule has 0 bridgehead atoms.